The lowest BCUT2D eigenvalue weighted by atomic mass is 10.6. The monoisotopic (exact) mass is 172 g/mol. The molecule has 0 fully saturated rings. The van der Waals surface area contributed by atoms with Gasteiger partial charge in [0, 0.05) is 4.98 Å². The third-order valence-corrected chi connectivity index (χ3v) is 1.23. The fourth-order valence-corrected chi connectivity index (χ4v) is 0.751. The van der Waals surface area contributed by atoms with E-state index >= 15 is 0 Å². The molecule has 8 nitrogen and oxygen atoms in total. The van der Waals surface area contributed by atoms with Crippen LogP contribution in [0.25, 0.3) is 0 Å². The third-order valence-electron chi connectivity index (χ3n) is 1.23. The van der Waals surface area contributed by atoms with Gasteiger partial charge in [0.25, 0.3) is 6.33 Å². The number of rotatable bonds is 2. The lowest BCUT2D eigenvalue weighted by molar-refractivity contribution is -0.428. The van der Waals surface area contributed by atoms with Crippen molar-refractivity contribution in [2.24, 2.45) is 7.05 Å². The third kappa shape index (κ3) is 1.09. The second-order valence-electron chi connectivity index (χ2n) is 2.02. The van der Waals surface area contributed by atoms with Crippen LogP contribution in [0.2, 0.25) is 0 Å². The highest BCUT2D eigenvalue weighted by atomic mass is 16.6. The van der Waals surface area contributed by atoms with Gasteiger partial charge in [-0.25, -0.2) is 0 Å². The van der Waals surface area contributed by atoms with E-state index in [0.717, 1.165) is 10.9 Å². The van der Waals surface area contributed by atoms with Crippen LogP contribution in [-0.4, -0.2) is 19.4 Å². The molecule has 0 atom stereocenters. The van der Waals surface area contributed by atoms with Gasteiger partial charge >= 0.3 is 11.6 Å². The highest BCUT2D eigenvalue weighted by Gasteiger charge is 2.29. The zero-order chi connectivity index (χ0) is 9.30. The minimum Gasteiger partial charge on any atom is -0.358 e. The number of hydrogen-bond acceptors (Lipinski definition) is 5. The lowest BCUT2D eigenvalue weighted by Crippen LogP contribution is -1.99. The second-order valence-corrected chi connectivity index (χ2v) is 2.02. The highest BCUT2D eigenvalue weighted by Crippen LogP contribution is 2.22. The Morgan fingerprint density at radius 2 is 2.00 bits per heavy atom. The fourth-order valence-electron chi connectivity index (χ4n) is 0.751. The summed E-state index contributed by atoms with van der Waals surface area (Å²) in [5.41, 5.74) is 0. The molecule has 0 aliphatic heterocycles. The van der Waals surface area contributed by atoms with Crippen LogP contribution in [0.5, 0.6) is 0 Å². The molecule has 8 heteroatoms. The van der Waals surface area contributed by atoms with E-state index in [1.165, 1.54) is 7.05 Å². The predicted molar refractivity (Wildman–Crippen MR) is 36.5 cm³/mol. The van der Waals surface area contributed by atoms with Gasteiger partial charge in [-0.2, -0.15) is 4.57 Å². The first kappa shape index (κ1) is 8.11. The van der Waals surface area contributed by atoms with E-state index in [1.807, 2.05) is 0 Å². The molecule has 1 aromatic rings. The summed E-state index contributed by atoms with van der Waals surface area (Å²) in [6, 6.07) is 0. The van der Waals surface area contributed by atoms with Crippen molar-refractivity contribution in [3.63, 3.8) is 0 Å². The molecule has 1 rings (SSSR count). The number of nitro groups is 2. The minimum absolute atomic E-state index is 0.611. The SMILES string of the molecule is Cn1cnc([N+](=O)[O-])c1[N+](=O)[O-]. The van der Waals surface area contributed by atoms with Crippen LogP contribution in [0.4, 0.5) is 11.6 Å². The van der Waals surface area contributed by atoms with E-state index in [0.29, 0.717) is 0 Å². The van der Waals surface area contributed by atoms with Crippen LogP contribution in [0.1, 0.15) is 0 Å². The largest absolute Gasteiger partial charge is 0.462 e. The van der Waals surface area contributed by atoms with Crippen LogP contribution in [0.3, 0.4) is 0 Å². The zero-order valence-electron chi connectivity index (χ0n) is 6.00. The quantitative estimate of drug-likeness (QED) is 0.469. The van der Waals surface area contributed by atoms with Gasteiger partial charge in [0.15, 0.2) is 0 Å². The van der Waals surface area contributed by atoms with Crippen LogP contribution < -0.4 is 0 Å². The van der Waals surface area contributed by atoms with Gasteiger partial charge in [0.2, 0.25) is 0 Å². The number of aromatic nitrogens is 2. The van der Waals surface area contributed by atoms with Crippen molar-refractivity contribution in [3.8, 4) is 0 Å². The first-order valence-corrected chi connectivity index (χ1v) is 2.84. The summed E-state index contributed by atoms with van der Waals surface area (Å²) < 4.78 is 0.984. The molecular weight excluding hydrogens is 168 g/mol. The highest BCUT2D eigenvalue weighted by molar-refractivity contribution is 5.40. The average molecular weight is 172 g/mol. The van der Waals surface area contributed by atoms with Gasteiger partial charge in [-0.15, -0.1) is 0 Å². The summed E-state index contributed by atoms with van der Waals surface area (Å²) in [7, 11) is 1.32. The van der Waals surface area contributed by atoms with Gasteiger partial charge in [-0.3, -0.25) is 0 Å². The van der Waals surface area contributed by atoms with Crippen molar-refractivity contribution >= 4 is 11.6 Å². The molecule has 0 N–H and O–H groups in total. The Kier molecular flexibility index (Phi) is 1.73. The molecule has 0 amide bonds. The lowest BCUT2D eigenvalue weighted by Gasteiger charge is -1.92. The average Bonchev–Trinajstić information content (AvgIpc) is 2.30. The van der Waals surface area contributed by atoms with Gasteiger partial charge in [0.1, 0.15) is 0 Å². The molecule has 0 aliphatic carbocycles. The van der Waals surface area contributed by atoms with Crippen molar-refractivity contribution in [1.29, 1.82) is 0 Å². The Labute approximate surface area is 65.7 Å². The van der Waals surface area contributed by atoms with E-state index in [4.69, 9.17) is 0 Å². The molecule has 0 bridgehead atoms. The van der Waals surface area contributed by atoms with Crippen molar-refractivity contribution in [3.05, 3.63) is 26.6 Å². The van der Waals surface area contributed by atoms with E-state index in [9.17, 15) is 20.2 Å². The van der Waals surface area contributed by atoms with Crippen molar-refractivity contribution in [2.75, 3.05) is 0 Å². The molecule has 12 heavy (non-hydrogen) atoms. The van der Waals surface area contributed by atoms with E-state index < -0.39 is 21.5 Å². The Morgan fingerprint density at radius 3 is 2.33 bits per heavy atom. The standard InChI is InChI=1S/C4H4N4O4/c1-6-2-5-3(7(9)10)4(6)8(11)12/h2H,1H3. The van der Waals surface area contributed by atoms with Crippen LogP contribution >= 0.6 is 0 Å². The molecule has 64 valence electrons. The molecular formula is C4H4N4O4. The first-order chi connectivity index (χ1) is 5.54. The molecule has 0 radical (unpaired) electrons. The molecule has 0 aromatic carbocycles. The Morgan fingerprint density at radius 1 is 1.42 bits per heavy atom. The van der Waals surface area contributed by atoms with Gasteiger partial charge < -0.3 is 20.2 Å². The van der Waals surface area contributed by atoms with E-state index in [1.54, 1.807) is 0 Å². The summed E-state index contributed by atoms with van der Waals surface area (Å²) >= 11 is 0. The van der Waals surface area contributed by atoms with Gasteiger partial charge in [-0.05, 0) is 9.85 Å². The van der Waals surface area contributed by atoms with Gasteiger partial charge in [-0.1, -0.05) is 0 Å². The van der Waals surface area contributed by atoms with Crippen LogP contribution in [-0.2, 0) is 7.05 Å². The second kappa shape index (κ2) is 2.57. The molecule has 0 aliphatic rings. The Bertz CT molecular complexity index is 343. The minimum atomic E-state index is -0.891. The Hall–Kier alpha value is -1.99. The molecule has 0 spiro atoms. The molecule has 1 aromatic heterocycles. The summed E-state index contributed by atoms with van der Waals surface area (Å²) in [5, 5.41) is 20.4. The van der Waals surface area contributed by atoms with Gasteiger partial charge in [0.05, 0.1) is 7.05 Å². The zero-order valence-corrected chi connectivity index (χ0v) is 6.00. The van der Waals surface area contributed by atoms with Crippen LogP contribution in [0, 0.1) is 20.2 Å². The smallest absolute Gasteiger partial charge is 0.358 e. The van der Waals surface area contributed by atoms with Crippen molar-refractivity contribution in [2.45, 2.75) is 0 Å². The molecule has 1 heterocycles. The Balaban J connectivity index is 3.31. The van der Waals surface area contributed by atoms with E-state index in [2.05, 4.69) is 4.98 Å². The van der Waals surface area contributed by atoms with Crippen molar-refractivity contribution in [1.82, 2.24) is 9.55 Å². The molecule has 0 unspecified atom stereocenters. The maximum absolute atomic E-state index is 10.2. The summed E-state index contributed by atoms with van der Waals surface area (Å²) in [6.07, 6.45) is 1.02. The normalized spacial score (nSPS) is 9.75. The summed E-state index contributed by atoms with van der Waals surface area (Å²) in [4.78, 5) is 21.9. The predicted octanol–water partition coefficient (Wildman–Crippen LogP) is 0.236. The number of aryl methyl sites for hydroxylation is 1. The number of hydrogen-bond donors (Lipinski definition) is 0. The number of nitrogens with zero attached hydrogens (tertiary/aromatic N) is 4. The summed E-state index contributed by atoms with van der Waals surface area (Å²) in [5.74, 6) is -1.34. The fraction of sp³-hybridized carbons (Fsp3) is 0.250. The van der Waals surface area contributed by atoms with Crippen molar-refractivity contribution < 1.29 is 9.85 Å². The van der Waals surface area contributed by atoms with E-state index in [-0.39, 0.29) is 0 Å². The summed E-state index contributed by atoms with van der Waals surface area (Å²) in [6.45, 7) is 0. The molecule has 0 saturated carbocycles. The van der Waals surface area contributed by atoms with Crippen LogP contribution in [0.15, 0.2) is 6.33 Å². The number of imidazole rings is 1. The first-order valence-electron chi connectivity index (χ1n) is 2.84. The topological polar surface area (TPSA) is 104 Å². The maximum Gasteiger partial charge on any atom is 0.462 e. The molecule has 0 saturated heterocycles. The maximum atomic E-state index is 10.2.